The average Bonchev–Trinajstić information content (AvgIpc) is 2.73. The van der Waals surface area contributed by atoms with E-state index in [1.165, 1.54) is 50.7 Å². The van der Waals surface area contributed by atoms with Crippen molar-refractivity contribution < 1.29 is 18.7 Å². The summed E-state index contributed by atoms with van der Waals surface area (Å²) in [4.78, 5) is 12.2. The number of esters is 1. The van der Waals surface area contributed by atoms with Crippen molar-refractivity contribution in [1.29, 1.82) is 5.26 Å². The maximum atomic E-state index is 13.6. The fourth-order valence-electron chi connectivity index (χ4n) is 2.90. The molecule has 0 N–H and O–H groups in total. The fourth-order valence-corrected chi connectivity index (χ4v) is 2.90. The topological polar surface area (TPSA) is 59.3 Å². The first-order valence-corrected chi connectivity index (χ1v) is 10.2. The minimum absolute atomic E-state index is 0.0635. The lowest BCUT2D eigenvalue weighted by Crippen LogP contribution is -2.09. The van der Waals surface area contributed by atoms with Gasteiger partial charge in [0.25, 0.3) is 0 Å². The first-order valence-electron chi connectivity index (χ1n) is 10.2. The number of carbonyl (C=O) groups excluding carboxylic acids is 1. The van der Waals surface area contributed by atoms with E-state index in [4.69, 9.17) is 14.7 Å². The van der Waals surface area contributed by atoms with Gasteiger partial charge in [0.05, 0.1) is 17.7 Å². The Kier molecular flexibility index (Phi) is 9.88. The van der Waals surface area contributed by atoms with Gasteiger partial charge in [0.1, 0.15) is 17.6 Å². The van der Waals surface area contributed by atoms with Crippen LogP contribution in [0.1, 0.15) is 73.4 Å². The molecule has 0 heterocycles. The second-order valence-corrected chi connectivity index (χ2v) is 7.01. The zero-order valence-electron chi connectivity index (χ0n) is 17.0. The molecule has 0 aromatic heterocycles. The third kappa shape index (κ3) is 8.05. The van der Waals surface area contributed by atoms with Crippen LogP contribution in [0.4, 0.5) is 4.39 Å². The van der Waals surface area contributed by atoms with Gasteiger partial charge in [-0.3, -0.25) is 0 Å². The van der Waals surface area contributed by atoms with Crippen LogP contribution < -0.4 is 4.74 Å². The molecule has 0 bridgehead atoms. The summed E-state index contributed by atoms with van der Waals surface area (Å²) in [5.74, 6) is -1.23. The number of carbonyl (C=O) groups is 1. The molecular weight excluding hydrogens is 369 g/mol. The summed E-state index contributed by atoms with van der Waals surface area (Å²) in [7, 11) is 0. The standard InChI is InChI=1S/C24H28FNO3/c1-2-3-4-5-6-7-8-15-28-18-19-9-11-20(12-10-19)24(27)29-22-14-13-21(17-26)23(25)16-22/h9-14,16H,2-8,15,18H2,1H3. The molecule has 2 aromatic rings. The van der Waals surface area contributed by atoms with Gasteiger partial charge in [-0.2, -0.15) is 5.26 Å². The molecule has 154 valence electrons. The van der Waals surface area contributed by atoms with Crippen molar-refractivity contribution in [2.75, 3.05) is 6.61 Å². The van der Waals surface area contributed by atoms with Crippen molar-refractivity contribution in [2.24, 2.45) is 0 Å². The summed E-state index contributed by atoms with van der Waals surface area (Å²) in [5.41, 5.74) is 1.25. The lowest BCUT2D eigenvalue weighted by atomic mass is 10.1. The van der Waals surface area contributed by atoms with Crippen LogP contribution in [0.5, 0.6) is 5.75 Å². The predicted molar refractivity (Wildman–Crippen MR) is 110 cm³/mol. The zero-order valence-corrected chi connectivity index (χ0v) is 17.0. The van der Waals surface area contributed by atoms with Gasteiger partial charge >= 0.3 is 5.97 Å². The molecule has 0 aliphatic carbocycles. The van der Waals surface area contributed by atoms with E-state index in [1.54, 1.807) is 18.2 Å². The van der Waals surface area contributed by atoms with E-state index in [0.717, 1.165) is 24.7 Å². The van der Waals surface area contributed by atoms with Crippen LogP contribution in [0, 0.1) is 17.1 Å². The second-order valence-electron chi connectivity index (χ2n) is 7.01. The van der Waals surface area contributed by atoms with Crippen LogP contribution in [-0.2, 0) is 11.3 Å². The Morgan fingerprint density at radius 1 is 1.00 bits per heavy atom. The summed E-state index contributed by atoms with van der Waals surface area (Å²) < 4.78 is 24.4. The Balaban J connectivity index is 1.70. The molecule has 29 heavy (non-hydrogen) atoms. The van der Waals surface area contributed by atoms with Crippen LogP contribution in [0.3, 0.4) is 0 Å². The van der Waals surface area contributed by atoms with Crippen LogP contribution in [0.25, 0.3) is 0 Å². The number of halogens is 1. The van der Waals surface area contributed by atoms with Crippen molar-refractivity contribution >= 4 is 5.97 Å². The number of ether oxygens (including phenoxy) is 2. The van der Waals surface area contributed by atoms with Crippen LogP contribution >= 0.6 is 0 Å². The van der Waals surface area contributed by atoms with Crippen molar-refractivity contribution in [1.82, 2.24) is 0 Å². The van der Waals surface area contributed by atoms with E-state index >= 15 is 0 Å². The normalized spacial score (nSPS) is 10.5. The maximum absolute atomic E-state index is 13.6. The largest absolute Gasteiger partial charge is 0.423 e. The molecule has 4 nitrogen and oxygen atoms in total. The number of rotatable bonds is 12. The highest BCUT2D eigenvalue weighted by atomic mass is 19.1. The first-order chi connectivity index (χ1) is 14.1. The smallest absolute Gasteiger partial charge is 0.343 e. The maximum Gasteiger partial charge on any atom is 0.343 e. The summed E-state index contributed by atoms with van der Waals surface area (Å²) in [6.07, 6.45) is 8.76. The SMILES string of the molecule is CCCCCCCCCOCc1ccc(C(=O)Oc2ccc(C#N)c(F)c2)cc1. The molecule has 2 aromatic carbocycles. The minimum Gasteiger partial charge on any atom is -0.423 e. The third-order valence-electron chi connectivity index (χ3n) is 4.62. The lowest BCUT2D eigenvalue weighted by Gasteiger charge is -2.07. The molecule has 0 saturated carbocycles. The van der Waals surface area contributed by atoms with Crippen molar-refractivity contribution in [3.05, 3.63) is 65.0 Å². The molecule has 0 atom stereocenters. The molecule has 0 unspecified atom stereocenters. The van der Waals surface area contributed by atoms with Gasteiger partial charge in [-0.05, 0) is 36.2 Å². The molecule has 0 aliphatic heterocycles. The highest BCUT2D eigenvalue weighted by molar-refractivity contribution is 5.91. The Morgan fingerprint density at radius 2 is 1.69 bits per heavy atom. The van der Waals surface area contributed by atoms with E-state index in [1.807, 2.05) is 12.1 Å². The van der Waals surface area contributed by atoms with Gasteiger partial charge in [-0.15, -0.1) is 0 Å². The third-order valence-corrected chi connectivity index (χ3v) is 4.62. The van der Waals surface area contributed by atoms with Crippen LogP contribution in [0.15, 0.2) is 42.5 Å². The Labute approximate surface area is 172 Å². The summed E-state index contributed by atoms with van der Waals surface area (Å²) in [5, 5.41) is 8.73. The lowest BCUT2D eigenvalue weighted by molar-refractivity contribution is 0.0734. The molecule has 0 saturated heterocycles. The van der Waals surface area contributed by atoms with Crippen molar-refractivity contribution in [2.45, 2.75) is 58.5 Å². The Hall–Kier alpha value is -2.71. The summed E-state index contributed by atoms with van der Waals surface area (Å²) >= 11 is 0. The zero-order chi connectivity index (χ0) is 20.9. The molecule has 0 aliphatic rings. The van der Waals surface area contributed by atoms with E-state index in [2.05, 4.69) is 6.92 Å². The van der Waals surface area contributed by atoms with Gasteiger partial charge in [-0.25, -0.2) is 9.18 Å². The first kappa shape index (κ1) is 22.6. The molecule has 0 radical (unpaired) electrons. The monoisotopic (exact) mass is 397 g/mol. The van der Waals surface area contributed by atoms with E-state index in [9.17, 15) is 9.18 Å². The van der Waals surface area contributed by atoms with Crippen LogP contribution in [0.2, 0.25) is 0 Å². The van der Waals surface area contributed by atoms with Gasteiger partial charge in [-0.1, -0.05) is 57.6 Å². The molecule has 0 amide bonds. The van der Waals surface area contributed by atoms with E-state index < -0.39 is 11.8 Å². The van der Waals surface area contributed by atoms with Gasteiger partial charge in [0.2, 0.25) is 0 Å². The average molecular weight is 397 g/mol. The van der Waals surface area contributed by atoms with E-state index in [-0.39, 0.29) is 11.3 Å². The van der Waals surface area contributed by atoms with Crippen molar-refractivity contribution in [3.63, 3.8) is 0 Å². The molecule has 2 rings (SSSR count). The quantitative estimate of drug-likeness (QED) is 0.244. The Bertz CT molecular complexity index is 812. The van der Waals surface area contributed by atoms with Crippen LogP contribution in [-0.4, -0.2) is 12.6 Å². The van der Waals surface area contributed by atoms with Gasteiger partial charge < -0.3 is 9.47 Å². The number of nitriles is 1. The predicted octanol–water partition coefficient (Wildman–Crippen LogP) is 6.18. The Morgan fingerprint density at radius 3 is 2.34 bits per heavy atom. The highest BCUT2D eigenvalue weighted by Crippen LogP contribution is 2.18. The minimum atomic E-state index is -0.716. The number of unbranched alkanes of at least 4 members (excludes halogenated alkanes) is 6. The molecular formula is C24H28FNO3. The van der Waals surface area contributed by atoms with E-state index in [0.29, 0.717) is 12.2 Å². The molecule has 5 heteroatoms. The fraction of sp³-hybridized carbons (Fsp3) is 0.417. The second kappa shape index (κ2) is 12.7. The highest BCUT2D eigenvalue weighted by Gasteiger charge is 2.11. The number of benzene rings is 2. The molecule has 0 spiro atoms. The van der Waals surface area contributed by atoms with Gasteiger partial charge in [0, 0.05) is 12.7 Å². The summed E-state index contributed by atoms with van der Waals surface area (Å²) in [6, 6.07) is 12.4. The molecule has 0 fully saturated rings. The van der Waals surface area contributed by atoms with Gasteiger partial charge in [0.15, 0.2) is 0 Å². The number of hydrogen-bond donors (Lipinski definition) is 0. The number of hydrogen-bond acceptors (Lipinski definition) is 4. The summed E-state index contributed by atoms with van der Waals surface area (Å²) in [6.45, 7) is 3.47. The van der Waals surface area contributed by atoms with Crippen molar-refractivity contribution in [3.8, 4) is 11.8 Å². The number of nitrogens with zero attached hydrogens (tertiary/aromatic N) is 1.